The zero-order chi connectivity index (χ0) is 16.4. The fraction of sp³-hybridized carbons (Fsp3) is 0.176. The topological polar surface area (TPSA) is 78.2 Å². The molecule has 2 aromatic carbocycles. The van der Waals surface area contributed by atoms with Crippen LogP contribution >= 0.6 is 0 Å². The van der Waals surface area contributed by atoms with E-state index < -0.39 is 4.92 Å². The standard InChI is InChI=1S/C17H15N3O3/c1-11-5-3-4-6-13(11)17-14-9-12(20(21)22)7-8-15(14)18-16(19-17)10-23-2/h3-9H,10H2,1-2H3. The minimum absolute atomic E-state index is 0.0235. The lowest BCUT2D eigenvalue weighted by atomic mass is 10.0. The van der Waals surface area contributed by atoms with Crippen LogP contribution in [0, 0.1) is 17.0 Å². The number of rotatable bonds is 4. The van der Waals surface area contributed by atoms with Crippen LogP contribution < -0.4 is 0 Å². The second-order valence-electron chi connectivity index (χ2n) is 5.19. The predicted octanol–water partition coefficient (Wildman–Crippen LogP) is 3.66. The van der Waals surface area contributed by atoms with Gasteiger partial charge in [0.15, 0.2) is 5.82 Å². The van der Waals surface area contributed by atoms with Gasteiger partial charge in [0.25, 0.3) is 5.69 Å². The van der Waals surface area contributed by atoms with Crippen LogP contribution in [0.3, 0.4) is 0 Å². The highest BCUT2D eigenvalue weighted by Crippen LogP contribution is 2.31. The van der Waals surface area contributed by atoms with Crippen LogP contribution in [0.2, 0.25) is 0 Å². The molecule has 116 valence electrons. The lowest BCUT2D eigenvalue weighted by Crippen LogP contribution is -2.01. The predicted molar refractivity (Wildman–Crippen MR) is 87.1 cm³/mol. The van der Waals surface area contributed by atoms with Crippen molar-refractivity contribution in [2.45, 2.75) is 13.5 Å². The summed E-state index contributed by atoms with van der Waals surface area (Å²) in [6.07, 6.45) is 0. The SMILES string of the molecule is COCc1nc(-c2ccccc2C)c2cc([N+](=O)[O-])ccc2n1. The van der Waals surface area contributed by atoms with E-state index >= 15 is 0 Å². The Hall–Kier alpha value is -2.86. The Bertz CT molecular complexity index is 893. The van der Waals surface area contributed by atoms with Crippen LogP contribution in [-0.2, 0) is 11.3 Å². The maximum absolute atomic E-state index is 11.1. The molecule has 0 aliphatic rings. The monoisotopic (exact) mass is 309 g/mol. The number of nitro benzene ring substituents is 1. The molecule has 1 aromatic heterocycles. The first kappa shape index (κ1) is 15.1. The molecule has 0 spiro atoms. The molecule has 3 aromatic rings. The van der Waals surface area contributed by atoms with Crippen molar-refractivity contribution in [1.29, 1.82) is 0 Å². The average molecular weight is 309 g/mol. The Balaban J connectivity index is 2.33. The number of hydrogen-bond acceptors (Lipinski definition) is 5. The number of hydrogen-bond donors (Lipinski definition) is 0. The molecule has 0 bridgehead atoms. The van der Waals surface area contributed by atoms with Gasteiger partial charge >= 0.3 is 0 Å². The molecule has 0 aliphatic carbocycles. The van der Waals surface area contributed by atoms with E-state index in [2.05, 4.69) is 9.97 Å². The van der Waals surface area contributed by atoms with Gasteiger partial charge in [-0.15, -0.1) is 0 Å². The molecule has 6 nitrogen and oxygen atoms in total. The zero-order valence-electron chi connectivity index (χ0n) is 12.8. The van der Waals surface area contributed by atoms with E-state index in [1.165, 1.54) is 12.1 Å². The van der Waals surface area contributed by atoms with Crippen molar-refractivity contribution in [3.05, 3.63) is 64.0 Å². The number of methoxy groups -OCH3 is 1. The molecule has 3 rings (SSSR count). The first-order chi connectivity index (χ1) is 11.1. The first-order valence-electron chi connectivity index (χ1n) is 7.10. The summed E-state index contributed by atoms with van der Waals surface area (Å²) in [5.41, 5.74) is 3.34. The number of benzene rings is 2. The van der Waals surface area contributed by atoms with Crippen LogP contribution in [0.25, 0.3) is 22.2 Å². The molecule has 0 saturated carbocycles. The summed E-state index contributed by atoms with van der Waals surface area (Å²) >= 11 is 0. The Kier molecular flexibility index (Phi) is 3.99. The van der Waals surface area contributed by atoms with Gasteiger partial charge in [0.05, 0.1) is 16.1 Å². The third-order valence-corrected chi connectivity index (χ3v) is 3.61. The molecule has 1 heterocycles. The quantitative estimate of drug-likeness (QED) is 0.543. The molecule has 0 atom stereocenters. The molecular formula is C17H15N3O3. The van der Waals surface area contributed by atoms with Crippen molar-refractivity contribution in [1.82, 2.24) is 9.97 Å². The molecular weight excluding hydrogens is 294 g/mol. The van der Waals surface area contributed by atoms with Gasteiger partial charge in [-0.1, -0.05) is 24.3 Å². The third-order valence-electron chi connectivity index (χ3n) is 3.61. The minimum atomic E-state index is -0.413. The maximum Gasteiger partial charge on any atom is 0.270 e. The van der Waals surface area contributed by atoms with E-state index in [0.717, 1.165) is 11.1 Å². The summed E-state index contributed by atoms with van der Waals surface area (Å²) in [7, 11) is 1.58. The molecule has 0 fully saturated rings. The summed E-state index contributed by atoms with van der Waals surface area (Å²) in [6, 6.07) is 12.4. The van der Waals surface area contributed by atoms with Crippen molar-refractivity contribution in [2.24, 2.45) is 0 Å². The average Bonchev–Trinajstić information content (AvgIpc) is 2.54. The van der Waals surface area contributed by atoms with E-state index in [4.69, 9.17) is 4.74 Å². The summed E-state index contributed by atoms with van der Waals surface area (Å²) in [5, 5.41) is 11.7. The molecule has 6 heteroatoms. The van der Waals surface area contributed by atoms with Crippen LogP contribution in [0.1, 0.15) is 11.4 Å². The third kappa shape index (κ3) is 2.89. The molecule has 0 unspecified atom stereocenters. The largest absolute Gasteiger partial charge is 0.377 e. The Morgan fingerprint density at radius 1 is 1.17 bits per heavy atom. The van der Waals surface area contributed by atoms with Crippen molar-refractivity contribution in [2.75, 3.05) is 7.11 Å². The van der Waals surface area contributed by atoms with E-state index in [1.807, 2.05) is 31.2 Å². The van der Waals surface area contributed by atoms with Gasteiger partial charge in [-0.3, -0.25) is 10.1 Å². The van der Waals surface area contributed by atoms with Crippen LogP contribution in [-0.4, -0.2) is 22.0 Å². The number of aryl methyl sites for hydroxylation is 1. The summed E-state index contributed by atoms with van der Waals surface area (Å²) in [6.45, 7) is 2.27. The fourth-order valence-corrected chi connectivity index (χ4v) is 2.52. The highest BCUT2D eigenvalue weighted by molar-refractivity contribution is 5.94. The lowest BCUT2D eigenvalue weighted by Gasteiger charge is -2.10. The van der Waals surface area contributed by atoms with Gasteiger partial charge < -0.3 is 4.74 Å². The Labute approximate surface area is 132 Å². The normalized spacial score (nSPS) is 10.9. The van der Waals surface area contributed by atoms with Gasteiger partial charge in [0, 0.05) is 30.2 Å². The second kappa shape index (κ2) is 6.10. The molecule has 0 radical (unpaired) electrons. The van der Waals surface area contributed by atoms with Crippen molar-refractivity contribution < 1.29 is 9.66 Å². The molecule has 0 N–H and O–H groups in total. The van der Waals surface area contributed by atoms with Gasteiger partial charge in [0.2, 0.25) is 0 Å². The van der Waals surface area contributed by atoms with Gasteiger partial charge in [0.1, 0.15) is 6.61 Å². The number of fused-ring (bicyclic) bond motifs is 1. The van der Waals surface area contributed by atoms with E-state index in [1.54, 1.807) is 13.2 Å². The van der Waals surface area contributed by atoms with Crippen LogP contribution in [0.5, 0.6) is 0 Å². The van der Waals surface area contributed by atoms with Crippen molar-refractivity contribution >= 4 is 16.6 Å². The van der Waals surface area contributed by atoms with Crippen LogP contribution in [0.4, 0.5) is 5.69 Å². The molecule has 23 heavy (non-hydrogen) atoms. The molecule has 0 amide bonds. The Morgan fingerprint density at radius 2 is 1.96 bits per heavy atom. The van der Waals surface area contributed by atoms with E-state index in [-0.39, 0.29) is 12.3 Å². The smallest absolute Gasteiger partial charge is 0.270 e. The van der Waals surface area contributed by atoms with Gasteiger partial charge in [-0.2, -0.15) is 0 Å². The highest BCUT2D eigenvalue weighted by Gasteiger charge is 2.15. The van der Waals surface area contributed by atoms with Crippen molar-refractivity contribution in [3.8, 4) is 11.3 Å². The molecule has 0 aliphatic heterocycles. The van der Waals surface area contributed by atoms with Gasteiger partial charge in [-0.25, -0.2) is 9.97 Å². The number of ether oxygens (including phenoxy) is 1. The number of nitrogens with zero attached hydrogens (tertiary/aromatic N) is 3. The first-order valence-corrected chi connectivity index (χ1v) is 7.10. The summed E-state index contributed by atoms with van der Waals surface area (Å²) in [5.74, 6) is 0.548. The number of aromatic nitrogens is 2. The van der Waals surface area contributed by atoms with Crippen LogP contribution in [0.15, 0.2) is 42.5 Å². The highest BCUT2D eigenvalue weighted by atomic mass is 16.6. The maximum atomic E-state index is 11.1. The van der Waals surface area contributed by atoms with E-state index in [0.29, 0.717) is 22.4 Å². The summed E-state index contributed by atoms with van der Waals surface area (Å²) < 4.78 is 5.13. The second-order valence-corrected chi connectivity index (χ2v) is 5.19. The minimum Gasteiger partial charge on any atom is -0.377 e. The van der Waals surface area contributed by atoms with Gasteiger partial charge in [-0.05, 0) is 18.6 Å². The Morgan fingerprint density at radius 3 is 2.65 bits per heavy atom. The number of nitro groups is 1. The lowest BCUT2D eigenvalue weighted by molar-refractivity contribution is -0.384. The van der Waals surface area contributed by atoms with E-state index in [9.17, 15) is 10.1 Å². The molecule has 0 saturated heterocycles. The fourth-order valence-electron chi connectivity index (χ4n) is 2.52. The number of non-ortho nitro benzene ring substituents is 1. The van der Waals surface area contributed by atoms with Crippen molar-refractivity contribution in [3.63, 3.8) is 0 Å². The summed E-state index contributed by atoms with van der Waals surface area (Å²) in [4.78, 5) is 19.6. The zero-order valence-corrected chi connectivity index (χ0v) is 12.8.